The summed E-state index contributed by atoms with van der Waals surface area (Å²) in [7, 11) is 1.65. The van der Waals surface area contributed by atoms with E-state index in [1.165, 1.54) is 4.90 Å². The van der Waals surface area contributed by atoms with Gasteiger partial charge in [0.25, 0.3) is 0 Å². The van der Waals surface area contributed by atoms with Crippen LogP contribution in [0.2, 0.25) is 0 Å². The normalized spacial score (nSPS) is 26.9. The maximum Gasteiger partial charge on any atom is 0.233 e. The molecule has 2 amide bonds. The number of piperidine rings is 1. The highest BCUT2D eigenvalue weighted by Crippen LogP contribution is 2.52. The van der Waals surface area contributed by atoms with Gasteiger partial charge in [-0.1, -0.05) is 49.4 Å². The second-order valence-corrected chi connectivity index (χ2v) is 8.62. The largest absolute Gasteiger partial charge is 0.497 e. The number of carbonyl (C=O) groups is 2. The fraction of sp³-hybridized carbons (Fsp3) is 0.440. The molecule has 0 unspecified atom stereocenters. The summed E-state index contributed by atoms with van der Waals surface area (Å²) >= 11 is 0. The third kappa shape index (κ3) is 3.68. The average Bonchev–Trinajstić information content (AvgIpc) is 2.74. The topological polar surface area (TPSA) is 46.6 Å². The van der Waals surface area contributed by atoms with Gasteiger partial charge in [-0.25, -0.2) is 0 Å². The van der Waals surface area contributed by atoms with Crippen molar-refractivity contribution < 1.29 is 14.3 Å². The number of carbonyl (C=O) groups excluding carboxylic acids is 2. The van der Waals surface area contributed by atoms with Gasteiger partial charge in [0, 0.05) is 24.3 Å². The van der Waals surface area contributed by atoms with Crippen LogP contribution in [0.4, 0.5) is 0 Å². The lowest BCUT2D eigenvalue weighted by Gasteiger charge is -2.50. The van der Waals surface area contributed by atoms with Gasteiger partial charge in [0.2, 0.25) is 11.8 Å². The molecule has 0 radical (unpaired) electrons. The van der Waals surface area contributed by atoms with Gasteiger partial charge in [-0.2, -0.15) is 0 Å². The van der Waals surface area contributed by atoms with E-state index in [1.807, 2.05) is 48.5 Å². The summed E-state index contributed by atoms with van der Waals surface area (Å²) in [6.45, 7) is 2.69. The van der Waals surface area contributed by atoms with E-state index in [2.05, 4.69) is 13.0 Å². The molecule has 0 N–H and O–H groups in total. The molecule has 1 aliphatic heterocycles. The number of likely N-dealkylation sites (tertiary alicyclic amines) is 1. The molecule has 4 nitrogen and oxygen atoms in total. The van der Waals surface area contributed by atoms with Gasteiger partial charge >= 0.3 is 0 Å². The summed E-state index contributed by atoms with van der Waals surface area (Å²) in [5.74, 6) is 1.10. The van der Waals surface area contributed by atoms with Gasteiger partial charge in [-0.15, -0.1) is 0 Å². The van der Waals surface area contributed by atoms with Gasteiger partial charge in [0.1, 0.15) is 5.75 Å². The first-order chi connectivity index (χ1) is 14.0. The highest BCUT2D eigenvalue weighted by molar-refractivity contribution is 6.01. The van der Waals surface area contributed by atoms with Crippen molar-refractivity contribution in [3.8, 4) is 5.75 Å². The lowest BCUT2D eigenvalue weighted by molar-refractivity contribution is -0.158. The smallest absolute Gasteiger partial charge is 0.233 e. The molecule has 29 heavy (non-hydrogen) atoms. The van der Waals surface area contributed by atoms with Crippen molar-refractivity contribution in [1.82, 2.24) is 4.90 Å². The number of hydrogen-bond acceptors (Lipinski definition) is 3. The molecular weight excluding hydrogens is 362 g/mol. The van der Waals surface area contributed by atoms with Crippen LogP contribution >= 0.6 is 0 Å². The fourth-order valence-electron chi connectivity index (χ4n) is 5.30. The Balaban J connectivity index is 1.63. The van der Waals surface area contributed by atoms with E-state index in [0.29, 0.717) is 25.3 Å². The Morgan fingerprint density at radius 3 is 2.62 bits per heavy atom. The molecule has 1 aliphatic carbocycles. The predicted octanol–water partition coefficient (Wildman–Crippen LogP) is 4.37. The molecule has 0 bridgehead atoms. The van der Waals surface area contributed by atoms with Crippen molar-refractivity contribution >= 4 is 11.8 Å². The second kappa shape index (κ2) is 8.02. The van der Waals surface area contributed by atoms with Gasteiger partial charge in [0.05, 0.1) is 7.11 Å². The van der Waals surface area contributed by atoms with E-state index in [4.69, 9.17) is 4.74 Å². The minimum Gasteiger partial charge on any atom is -0.497 e. The van der Waals surface area contributed by atoms with Crippen LogP contribution in [0.15, 0.2) is 54.6 Å². The van der Waals surface area contributed by atoms with Crippen molar-refractivity contribution in [2.24, 2.45) is 11.8 Å². The monoisotopic (exact) mass is 391 g/mol. The summed E-state index contributed by atoms with van der Waals surface area (Å²) < 4.78 is 5.43. The Labute approximate surface area is 172 Å². The molecule has 0 spiro atoms. The highest BCUT2D eigenvalue weighted by Gasteiger charge is 2.54. The number of fused-ring (bicyclic) bond motifs is 1. The molecule has 2 aromatic carbocycles. The highest BCUT2D eigenvalue weighted by atomic mass is 16.5. The Kier molecular flexibility index (Phi) is 5.44. The maximum absolute atomic E-state index is 13.5. The lowest BCUT2D eigenvalue weighted by atomic mass is 9.56. The van der Waals surface area contributed by atoms with E-state index in [1.54, 1.807) is 7.11 Å². The van der Waals surface area contributed by atoms with E-state index < -0.39 is 5.41 Å². The summed E-state index contributed by atoms with van der Waals surface area (Å²) in [4.78, 5) is 28.2. The lowest BCUT2D eigenvalue weighted by Crippen LogP contribution is -2.58. The predicted molar refractivity (Wildman–Crippen MR) is 113 cm³/mol. The molecule has 2 aliphatic rings. The number of amides is 2. The van der Waals surface area contributed by atoms with Crippen LogP contribution in [-0.4, -0.2) is 30.4 Å². The van der Waals surface area contributed by atoms with Crippen molar-refractivity contribution in [2.45, 2.75) is 44.4 Å². The van der Waals surface area contributed by atoms with Gasteiger partial charge in [-0.05, 0) is 54.9 Å². The Morgan fingerprint density at radius 1 is 1.07 bits per heavy atom. The molecule has 4 heteroatoms. The second-order valence-electron chi connectivity index (χ2n) is 8.62. The third-order valence-corrected chi connectivity index (χ3v) is 6.77. The molecule has 1 heterocycles. The third-order valence-electron chi connectivity index (χ3n) is 6.77. The van der Waals surface area contributed by atoms with Crippen LogP contribution in [-0.2, 0) is 21.4 Å². The Bertz CT molecular complexity index is 894. The number of hydrogen-bond donors (Lipinski definition) is 0. The van der Waals surface area contributed by atoms with Crippen LogP contribution in [0, 0.1) is 11.8 Å². The van der Waals surface area contributed by atoms with E-state index >= 15 is 0 Å². The molecule has 3 atom stereocenters. The summed E-state index contributed by atoms with van der Waals surface area (Å²) in [6, 6.07) is 18.0. The first-order valence-electron chi connectivity index (χ1n) is 10.6. The van der Waals surface area contributed by atoms with E-state index in [-0.39, 0.29) is 17.7 Å². The van der Waals surface area contributed by atoms with Gasteiger partial charge < -0.3 is 4.74 Å². The first-order valence-corrected chi connectivity index (χ1v) is 10.6. The molecule has 4 rings (SSSR count). The van der Waals surface area contributed by atoms with Crippen molar-refractivity contribution in [3.63, 3.8) is 0 Å². The van der Waals surface area contributed by atoms with Crippen LogP contribution < -0.4 is 4.74 Å². The quantitative estimate of drug-likeness (QED) is 0.711. The first kappa shape index (κ1) is 19.7. The summed E-state index contributed by atoms with van der Waals surface area (Å²) in [5, 5.41) is 0. The zero-order valence-electron chi connectivity index (χ0n) is 17.3. The minimum absolute atomic E-state index is 0.00639. The molecule has 1 saturated carbocycles. The molecule has 152 valence electrons. The number of benzene rings is 2. The molecule has 2 aromatic rings. The van der Waals surface area contributed by atoms with Gasteiger partial charge in [-0.3, -0.25) is 14.5 Å². The average molecular weight is 392 g/mol. The molecule has 2 fully saturated rings. The number of ether oxygens (including phenoxy) is 1. The summed E-state index contributed by atoms with van der Waals surface area (Å²) in [5.41, 5.74) is 1.80. The zero-order valence-corrected chi connectivity index (χ0v) is 17.3. The summed E-state index contributed by atoms with van der Waals surface area (Å²) in [6.07, 6.45) is 3.84. The van der Waals surface area contributed by atoms with Crippen molar-refractivity contribution in [3.05, 3.63) is 65.7 Å². The van der Waals surface area contributed by atoms with Crippen molar-refractivity contribution in [1.29, 1.82) is 0 Å². The van der Waals surface area contributed by atoms with E-state index in [0.717, 1.165) is 36.1 Å². The molecule has 0 aromatic heterocycles. The van der Waals surface area contributed by atoms with Crippen molar-refractivity contribution in [2.75, 3.05) is 13.7 Å². The zero-order chi connectivity index (χ0) is 20.4. The van der Waals surface area contributed by atoms with Crippen LogP contribution in [0.25, 0.3) is 0 Å². The number of nitrogens with zero attached hydrogens (tertiary/aromatic N) is 1. The Morgan fingerprint density at radius 2 is 1.86 bits per heavy atom. The SMILES string of the molecule is COc1cccc([C@@]23CC(=O)N(CCc4ccccc4)C(=O)[C@@H]2CC[C@H](C)C3)c1. The van der Waals surface area contributed by atoms with Gasteiger partial charge in [0.15, 0.2) is 0 Å². The standard InChI is InChI=1S/C25H29NO3/c1-18-11-12-22-24(28)26(14-13-19-7-4-3-5-8-19)23(27)17-25(22,16-18)20-9-6-10-21(15-20)29-2/h3-10,15,18,22H,11-14,16-17H2,1-2H3/t18-,22-,25+/m0/s1. The van der Waals surface area contributed by atoms with Crippen LogP contribution in [0.1, 0.15) is 43.7 Å². The number of rotatable bonds is 5. The fourth-order valence-corrected chi connectivity index (χ4v) is 5.30. The van der Waals surface area contributed by atoms with Crippen LogP contribution in [0.3, 0.4) is 0 Å². The number of methoxy groups -OCH3 is 1. The number of imide groups is 1. The van der Waals surface area contributed by atoms with Crippen LogP contribution in [0.5, 0.6) is 5.75 Å². The maximum atomic E-state index is 13.5. The van der Waals surface area contributed by atoms with E-state index in [9.17, 15) is 9.59 Å². The molecular formula is C25H29NO3. The molecule has 1 saturated heterocycles. The minimum atomic E-state index is -0.413. The Hall–Kier alpha value is -2.62.